The monoisotopic (exact) mass is 271 g/mol. The molecule has 19 heavy (non-hydrogen) atoms. The van der Waals surface area contributed by atoms with Crippen LogP contribution in [-0.4, -0.2) is 20.2 Å². The number of nitrogens with one attached hydrogen (secondary N) is 1. The lowest BCUT2D eigenvalue weighted by atomic mass is 10.3. The van der Waals surface area contributed by atoms with Crippen LogP contribution in [0, 0.1) is 0 Å². The molecule has 0 bridgehead atoms. The molecule has 2 aromatic heterocycles. The standard InChI is InChI=1S/C13H13N5S/c1-10(12-8-5-9-19-12)14-13-15-16-17-18(13)11-6-3-2-4-7-11/h2-10H,1H3,(H,14,15,17)/t10-/m0/s1. The van der Waals surface area contributed by atoms with Crippen molar-refractivity contribution in [1.82, 2.24) is 20.2 Å². The Morgan fingerprint density at radius 3 is 2.74 bits per heavy atom. The number of nitrogens with zero attached hydrogens (tertiary/aromatic N) is 4. The molecule has 0 amide bonds. The predicted molar refractivity (Wildman–Crippen MR) is 75.5 cm³/mol. The Morgan fingerprint density at radius 1 is 1.16 bits per heavy atom. The fraction of sp³-hybridized carbons (Fsp3) is 0.154. The van der Waals surface area contributed by atoms with E-state index < -0.39 is 0 Å². The predicted octanol–water partition coefficient (Wildman–Crippen LogP) is 2.90. The number of benzene rings is 1. The molecule has 0 radical (unpaired) electrons. The summed E-state index contributed by atoms with van der Waals surface area (Å²) in [6, 6.07) is 14.1. The number of anilines is 1. The number of para-hydroxylation sites is 1. The largest absolute Gasteiger partial charge is 0.345 e. The van der Waals surface area contributed by atoms with Crippen molar-refractivity contribution >= 4 is 17.3 Å². The molecule has 0 aliphatic carbocycles. The van der Waals surface area contributed by atoms with Gasteiger partial charge in [-0.05, 0) is 40.9 Å². The second-order valence-corrected chi connectivity index (χ2v) is 5.11. The highest BCUT2D eigenvalue weighted by molar-refractivity contribution is 7.10. The summed E-state index contributed by atoms with van der Waals surface area (Å²) in [6.45, 7) is 2.09. The summed E-state index contributed by atoms with van der Waals surface area (Å²) >= 11 is 1.71. The molecule has 0 saturated carbocycles. The lowest BCUT2D eigenvalue weighted by Crippen LogP contribution is -2.10. The van der Waals surface area contributed by atoms with Crippen LogP contribution in [-0.2, 0) is 0 Å². The normalized spacial score (nSPS) is 12.3. The van der Waals surface area contributed by atoms with Gasteiger partial charge in [0, 0.05) is 4.88 Å². The molecule has 6 heteroatoms. The number of hydrogen-bond acceptors (Lipinski definition) is 5. The van der Waals surface area contributed by atoms with Crippen molar-refractivity contribution in [3.63, 3.8) is 0 Å². The molecule has 3 aromatic rings. The second kappa shape index (κ2) is 5.19. The van der Waals surface area contributed by atoms with Crippen LogP contribution in [0.15, 0.2) is 47.8 Å². The minimum absolute atomic E-state index is 0.175. The molecule has 5 nitrogen and oxygen atoms in total. The Balaban J connectivity index is 1.85. The highest BCUT2D eigenvalue weighted by Crippen LogP contribution is 2.22. The fourth-order valence-corrected chi connectivity index (χ4v) is 2.56. The topological polar surface area (TPSA) is 55.6 Å². The van der Waals surface area contributed by atoms with Crippen LogP contribution in [0.25, 0.3) is 5.69 Å². The quantitative estimate of drug-likeness (QED) is 0.792. The minimum atomic E-state index is 0.175. The number of aromatic nitrogens is 4. The third kappa shape index (κ3) is 2.48. The van der Waals surface area contributed by atoms with E-state index in [0.29, 0.717) is 5.95 Å². The lowest BCUT2D eigenvalue weighted by Gasteiger charge is -2.12. The smallest absolute Gasteiger partial charge is 0.248 e. The zero-order chi connectivity index (χ0) is 13.1. The van der Waals surface area contributed by atoms with Gasteiger partial charge >= 0.3 is 0 Å². The number of hydrogen-bond donors (Lipinski definition) is 1. The van der Waals surface area contributed by atoms with Crippen molar-refractivity contribution in [2.75, 3.05) is 5.32 Å². The zero-order valence-corrected chi connectivity index (χ0v) is 11.2. The molecule has 0 fully saturated rings. The van der Waals surface area contributed by atoms with Crippen molar-refractivity contribution in [2.24, 2.45) is 0 Å². The van der Waals surface area contributed by atoms with E-state index in [2.05, 4.69) is 39.2 Å². The summed E-state index contributed by atoms with van der Waals surface area (Å²) in [4.78, 5) is 1.25. The molecular weight excluding hydrogens is 258 g/mol. The van der Waals surface area contributed by atoms with Crippen LogP contribution in [0.3, 0.4) is 0 Å². The van der Waals surface area contributed by atoms with Crippen LogP contribution < -0.4 is 5.32 Å². The van der Waals surface area contributed by atoms with Gasteiger partial charge in [-0.3, -0.25) is 0 Å². The Morgan fingerprint density at radius 2 is 2.00 bits per heavy atom. The SMILES string of the molecule is C[C@H](Nc1nnnn1-c1ccccc1)c1cccs1. The Kier molecular flexibility index (Phi) is 3.24. The van der Waals surface area contributed by atoms with E-state index in [1.807, 2.05) is 36.4 Å². The molecule has 1 aromatic carbocycles. The van der Waals surface area contributed by atoms with Crippen molar-refractivity contribution in [3.05, 3.63) is 52.7 Å². The maximum absolute atomic E-state index is 4.04. The Labute approximate surface area is 114 Å². The van der Waals surface area contributed by atoms with E-state index in [1.165, 1.54) is 4.88 Å². The molecule has 96 valence electrons. The van der Waals surface area contributed by atoms with Crippen molar-refractivity contribution in [3.8, 4) is 5.69 Å². The first kappa shape index (κ1) is 11.9. The summed E-state index contributed by atoms with van der Waals surface area (Å²) in [6.07, 6.45) is 0. The van der Waals surface area contributed by atoms with Gasteiger partial charge in [0.2, 0.25) is 5.95 Å². The van der Waals surface area contributed by atoms with Crippen molar-refractivity contribution in [1.29, 1.82) is 0 Å². The van der Waals surface area contributed by atoms with Crippen LogP contribution in [0.1, 0.15) is 17.8 Å². The first-order valence-corrected chi connectivity index (χ1v) is 6.86. The summed E-state index contributed by atoms with van der Waals surface area (Å²) in [5.74, 6) is 0.645. The van der Waals surface area contributed by atoms with Gasteiger partial charge in [-0.1, -0.05) is 29.4 Å². The van der Waals surface area contributed by atoms with Gasteiger partial charge in [-0.25, -0.2) is 0 Å². The minimum Gasteiger partial charge on any atom is -0.345 e. The molecule has 3 rings (SSSR count). The third-order valence-electron chi connectivity index (χ3n) is 2.79. The van der Waals surface area contributed by atoms with Gasteiger partial charge in [0.15, 0.2) is 0 Å². The van der Waals surface area contributed by atoms with Gasteiger partial charge in [-0.2, -0.15) is 4.68 Å². The van der Waals surface area contributed by atoms with Gasteiger partial charge < -0.3 is 5.32 Å². The first-order valence-electron chi connectivity index (χ1n) is 5.98. The Bertz CT molecular complexity index is 632. The molecule has 0 aliphatic heterocycles. The average Bonchev–Trinajstić information content (AvgIpc) is 3.11. The average molecular weight is 271 g/mol. The summed E-state index contributed by atoms with van der Waals surface area (Å²) in [5, 5.41) is 17.2. The van der Waals surface area contributed by atoms with Crippen LogP contribution in [0.2, 0.25) is 0 Å². The van der Waals surface area contributed by atoms with E-state index in [0.717, 1.165) is 5.69 Å². The van der Waals surface area contributed by atoms with Crippen LogP contribution in [0.5, 0.6) is 0 Å². The third-order valence-corrected chi connectivity index (χ3v) is 3.84. The number of tetrazole rings is 1. The number of rotatable bonds is 4. The summed E-state index contributed by atoms with van der Waals surface area (Å²) < 4.78 is 1.70. The highest BCUT2D eigenvalue weighted by atomic mass is 32.1. The van der Waals surface area contributed by atoms with Gasteiger partial charge in [0.25, 0.3) is 0 Å². The van der Waals surface area contributed by atoms with E-state index >= 15 is 0 Å². The maximum Gasteiger partial charge on any atom is 0.248 e. The molecule has 2 heterocycles. The van der Waals surface area contributed by atoms with Crippen molar-refractivity contribution in [2.45, 2.75) is 13.0 Å². The maximum atomic E-state index is 4.04. The molecule has 0 saturated heterocycles. The van der Waals surface area contributed by atoms with E-state index in [4.69, 9.17) is 0 Å². The zero-order valence-electron chi connectivity index (χ0n) is 10.4. The van der Waals surface area contributed by atoms with Crippen molar-refractivity contribution < 1.29 is 0 Å². The molecule has 0 aliphatic rings. The lowest BCUT2D eigenvalue weighted by molar-refractivity contribution is 0.782. The summed E-state index contributed by atoms with van der Waals surface area (Å²) in [7, 11) is 0. The molecule has 0 spiro atoms. The number of thiophene rings is 1. The molecule has 0 unspecified atom stereocenters. The molecule has 1 atom stereocenters. The molecule has 1 N–H and O–H groups in total. The summed E-state index contributed by atoms with van der Waals surface area (Å²) in [5.41, 5.74) is 0.938. The van der Waals surface area contributed by atoms with Crippen LogP contribution >= 0.6 is 11.3 Å². The second-order valence-electron chi connectivity index (χ2n) is 4.13. The van der Waals surface area contributed by atoms with Gasteiger partial charge in [-0.15, -0.1) is 11.3 Å². The van der Waals surface area contributed by atoms with Gasteiger partial charge in [0.1, 0.15) is 0 Å². The van der Waals surface area contributed by atoms with Crippen LogP contribution in [0.4, 0.5) is 5.95 Å². The van der Waals surface area contributed by atoms with E-state index in [1.54, 1.807) is 16.0 Å². The highest BCUT2D eigenvalue weighted by Gasteiger charge is 2.12. The van der Waals surface area contributed by atoms with E-state index in [9.17, 15) is 0 Å². The molecular formula is C13H13N5S. The Hall–Kier alpha value is -2.21. The first-order chi connectivity index (χ1) is 9.34. The fourth-order valence-electron chi connectivity index (χ4n) is 1.82. The van der Waals surface area contributed by atoms with E-state index in [-0.39, 0.29) is 6.04 Å². The van der Waals surface area contributed by atoms with Gasteiger partial charge in [0.05, 0.1) is 11.7 Å².